The second-order valence-electron chi connectivity index (χ2n) is 2.55. The predicted octanol–water partition coefficient (Wildman–Crippen LogP) is 0.0563. The monoisotopic (exact) mass is 168 g/mol. The number of phenols is 2. The van der Waals surface area contributed by atoms with E-state index in [0.29, 0.717) is 5.56 Å². The molecule has 1 aromatic rings. The Balaban J connectivity index is 3.12. The quantitative estimate of drug-likeness (QED) is 0.502. The van der Waals surface area contributed by atoms with E-state index < -0.39 is 6.04 Å². The molecule has 1 atom stereocenters. The zero-order valence-electron chi connectivity index (χ0n) is 6.57. The van der Waals surface area contributed by atoms with E-state index in [1.165, 1.54) is 18.2 Å². The minimum atomic E-state index is -0.522. The molecular formula is C8H12N2O2. The molecule has 0 spiro atoms. The molecule has 0 radical (unpaired) electrons. The number of aromatic hydroxyl groups is 2. The highest BCUT2D eigenvalue weighted by Gasteiger charge is 2.13. The van der Waals surface area contributed by atoms with Crippen LogP contribution in [0.4, 0.5) is 0 Å². The highest BCUT2D eigenvalue weighted by Crippen LogP contribution is 2.30. The van der Waals surface area contributed by atoms with Gasteiger partial charge in [0, 0.05) is 12.6 Å². The first-order valence-electron chi connectivity index (χ1n) is 3.63. The van der Waals surface area contributed by atoms with Crippen LogP contribution in [-0.2, 0) is 0 Å². The lowest BCUT2D eigenvalue weighted by atomic mass is 10.1. The topological polar surface area (TPSA) is 92.5 Å². The molecule has 0 aliphatic rings. The second-order valence-corrected chi connectivity index (χ2v) is 2.55. The van der Waals surface area contributed by atoms with Crippen molar-refractivity contribution in [3.05, 3.63) is 23.8 Å². The summed E-state index contributed by atoms with van der Waals surface area (Å²) >= 11 is 0. The van der Waals surface area contributed by atoms with Gasteiger partial charge in [0.2, 0.25) is 0 Å². The van der Waals surface area contributed by atoms with Gasteiger partial charge in [-0.15, -0.1) is 0 Å². The van der Waals surface area contributed by atoms with Gasteiger partial charge in [-0.1, -0.05) is 6.07 Å². The molecule has 1 rings (SSSR count). The molecular weight excluding hydrogens is 156 g/mol. The van der Waals surface area contributed by atoms with E-state index in [0.717, 1.165) is 0 Å². The molecule has 66 valence electrons. The van der Waals surface area contributed by atoms with Crippen LogP contribution >= 0.6 is 0 Å². The Morgan fingerprint density at radius 3 is 2.17 bits per heavy atom. The maximum absolute atomic E-state index is 9.30. The van der Waals surface area contributed by atoms with Gasteiger partial charge in [-0.3, -0.25) is 0 Å². The number of hydrogen-bond donors (Lipinski definition) is 4. The van der Waals surface area contributed by atoms with Crippen LogP contribution in [0.5, 0.6) is 11.5 Å². The van der Waals surface area contributed by atoms with Gasteiger partial charge in [0.1, 0.15) is 11.5 Å². The lowest BCUT2D eigenvalue weighted by Gasteiger charge is -2.12. The largest absolute Gasteiger partial charge is 0.507 e. The van der Waals surface area contributed by atoms with Crippen LogP contribution < -0.4 is 11.5 Å². The molecule has 12 heavy (non-hydrogen) atoms. The normalized spacial score (nSPS) is 12.8. The second kappa shape index (κ2) is 3.42. The van der Waals surface area contributed by atoms with Crippen LogP contribution in [0, 0.1) is 0 Å². The maximum atomic E-state index is 9.30. The third-order valence-corrected chi connectivity index (χ3v) is 1.68. The number of nitrogens with two attached hydrogens (primary N) is 2. The molecule has 6 N–H and O–H groups in total. The molecule has 0 bridgehead atoms. The van der Waals surface area contributed by atoms with Crippen molar-refractivity contribution in [2.45, 2.75) is 6.04 Å². The van der Waals surface area contributed by atoms with Crippen molar-refractivity contribution >= 4 is 0 Å². The van der Waals surface area contributed by atoms with Crippen LogP contribution in [0.25, 0.3) is 0 Å². The van der Waals surface area contributed by atoms with Gasteiger partial charge < -0.3 is 21.7 Å². The van der Waals surface area contributed by atoms with Gasteiger partial charge in [-0.2, -0.15) is 0 Å². The molecule has 0 saturated heterocycles. The highest BCUT2D eigenvalue weighted by atomic mass is 16.3. The Labute approximate surface area is 70.4 Å². The maximum Gasteiger partial charge on any atom is 0.124 e. The summed E-state index contributed by atoms with van der Waals surface area (Å²) < 4.78 is 0. The third-order valence-electron chi connectivity index (χ3n) is 1.68. The van der Waals surface area contributed by atoms with E-state index in [-0.39, 0.29) is 18.0 Å². The lowest BCUT2D eigenvalue weighted by molar-refractivity contribution is 0.429. The lowest BCUT2D eigenvalue weighted by Crippen LogP contribution is -2.20. The van der Waals surface area contributed by atoms with Gasteiger partial charge >= 0.3 is 0 Å². The van der Waals surface area contributed by atoms with E-state index in [1.807, 2.05) is 0 Å². The zero-order chi connectivity index (χ0) is 9.14. The van der Waals surface area contributed by atoms with Crippen LogP contribution in [0.2, 0.25) is 0 Å². The van der Waals surface area contributed by atoms with Gasteiger partial charge in [0.15, 0.2) is 0 Å². The summed E-state index contributed by atoms with van der Waals surface area (Å²) in [6, 6.07) is 3.94. The molecule has 0 fully saturated rings. The van der Waals surface area contributed by atoms with Crippen molar-refractivity contribution in [3.8, 4) is 11.5 Å². The van der Waals surface area contributed by atoms with Gasteiger partial charge in [0.05, 0.1) is 5.56 Å². The SMILES string of the molecule is NCC(N)c1c(O)cccc1O. The van der Waals surface area contributed by atoms with E-state index >= 15 is 0 Å². The molecule has 0 aliphatic heterocycles. The van der Waals surface area contributed by atoms with Crippen molar-refractivity contribution in [3.63, 3.8) is 0 Å². The van der Waals surface area contributed by atoms with Gasteiger partial charge in [-0.25, -0.2) is 0 Å². The van der Waals surface area contributed by atoms with Crippen LogP contribution in [0.3, 0.4) is 0 Å². The minimum absolute atomic E-state index is 0.0204. The van der Waals surface area contributed by atoms with Crippen molar-refractivity contribution < 1.29 is 10.2 Å². The first-order chi connectivity index (χ1) is 5.66. The first-order valence-corrected chi connectivity index (χ1v) is 3.63. The number of benzene rings is 1. The molecule has 0 saturated carbocycles. The summed E-state index contributed by atoms with van der Waals surface area (Å²) in [5.41, 5.74) is 11.2. The fraction of sp³-hybridized carbons (Fsp3) is 0.250. The Bertz CT molecular complexity index is 256. The molecule has 4 heteroatoms. The number of rotatable bonds is 2. The smallest absolute Gasteiger partial charge is 0.124 e. The van der Waals surface area contributed by atoms with Crippen molar-refractivity contribution in [1.29, 1.82) is 0 Å². The average Bonchev–Trinajstić information content (AvgIpc) is 2.03. The van der Waals surface area contributed by atoms with Crippen molar-refractivity contribution in [2.24, 2.45) is 11.5 Å². The molecule has 0 heterocycles. The van der Waals surface area contributed by atoms with Crippen LogP contribution in [0.15, 0.2) is 18.2 Å². The standard InChI is InChI=1S/C8H12N2O2/c9-4-5(10)8-6(11)2-1-3-7(8)12/h1-3,5,11-12H,4,9-10H2. The fourth-order valence-electron chi connectivity index (χ4n) is 1.04. The molecule has 0 amide bonds. The van der Waals surface area contributed by atoms with E-state index in [4.69, 9.17) is 11.5 Å². The summed E-state index contributed by atoms with van der Waals surface area (Å²) in [5.74, 6) is -0.0408. The molecule has 0 aromatic heterocycles. The summed E-state index contributed by atoms with van der Waals surface area (Å²) in [6.07, 6.45) is 0. The number of hydrogen-bond acceptors (Lipinski definition) is 4. The summed E-state index contributed by atoms with van der Waals surface area (Å²) in [5, 5.41) is 18.6. The summed E-state index contributed by atoms with van der Waals surface area (Å²) in [4.78, 5) is 0. The highest BCUT2D eigenvalue weighted by molar-refractivity contribution is 5.45. The molecule has 1 aromatic carbocycles. The van der Waals surface area contributed by atoms with Crippen LogP contribution in [0.1, 0.15) is 11.6 Å². The van der Waals surface area contributed by atoms with Gasteiger partial charge in [0.25, 0.3) is 0 Å². The van der Waals surface area contributed by atoms with E-state index in [2.05, 4.69) is 0 Å². The fourth-order valence-corrected chi connectivity index (χ4v) is 1.04. The predicted molar refractivity (Wildman–Crippen MR) is 45.8 cm³/mol. The zero-order valence-corrected chi connectivity index (χ0v) is 6.57. The average molecular weight is 168 g/mol. The molecule has 4 nitrogen and oxygen atoms in total. The molecule has 0 aliphatic carbocycles. The van der Waals surface area contributed by atoms with Crippen LogP contribution in [-0.4, -0.2) is 16.8 Å². The van der Waals surface area contributed by atoms with Gasteiger partial charge in [-0.05, 0) is 12.1 Å². The minimum Gasteiger partial charge on any atom is -0.507 e. The Morgan fingerprint density at radius 2 is 1.75 bits per heavy atom. The number of phenolic OH excluding ortho intramolecular Hbond substituents is 2. The Morgan fingerprint density at radius 1 is 1.25 bits per heavy atom. The summed E-state index contributed by atoms with van der Waals surface area (Å²) in [6.45, 7) is 0.186. The first kappa shape index (κ1) is 8.83. The summed E-state index contributed by atoms with van der Waals surface area (Å²) in [7, 11) is 0. The van der Waals surface area contributed by atoms with E-state index in [9.17, 15) is 10.2 Å². The van der Waals surface area contributed by atoms with Crippen molar-refractivity contribution in [2.75, 3.05) is 6.54 Å². The Hall–Kier alpha value is -1.26. The van der Waals surface area contributed by atoms with E-state index in [1.54, 1.807) is 0 Å². The molecule has 1 unspecified atom stereocenters. The third kappa shape index (κ3) is 1.49. The van der Waals surface area contributed by atoms with Crippen molar-refractivity contribution in [1.82, 2.24) is 0 Å². The Kier molecular flexibility index (Phi) is 2.52.